The quantitative estimate of drug-likeness (QED) is 0.248. The van der Waals surface area contributed by atoms with E-state index in [1.807, 2.05) is 8.85 Å². The van der Waals surface area contributed by atoms with E-state index >= 15 is 0 Å². The normalized spacial score (nSPS) is 27.8. The second-order valence-corrected chi connectivity index (χ2v) is 27.2. The van der Waals surface area contributed by atoms with Crippen LogP contribution in [0, 0.1) is 38.9 Å². The molecule has 1 saturated carbocycles. The van der Waals surface area contributed by atoms with Crippen molar-refractivity contribution in [3.8, 4) is 0 Å². The van der Waals surface area contributed by atoms with Gasteiger partial charge in [0.15, 0.2) is 0 Å². The standard InChI is InChI=1S/C29H37.C13H10.C11H17.2ClH.Zr/c1-18-25-22-17-19-13-9-10-14-20(19)24(22)21-15-11-12-16-23(21)29(25,8)28(6,7)27(4,5)26(18,2)3;1-3-7-12(8-4-1)11-13-9-5-2-6-10-13;1-8-6-9(2)10(7-8)11(3,4)5;;;/h9-11,13-15,23H,12,16-17H2,1-8H3;1-10H;7-8H,1-5H3;2*1H;/q;;;;;+2/p-2. The molecule has 0 saturated heterocycles. The molecule has 5 aliphatic carbocycles. The molecule has 1 fully saturated rings. The van der Waals surface area contributed by atoms with Crippen LogP contribution in [0.3, 0.4) is 0 Å². The molecule has 3 aromatic carbocycles. The molecule has 0 nitrogen and oxygen atoms in total. The summed E-state index contributed by atoms with van der Waals surface area (Å²) >= 11 is -3.22. The van der Waals surface area contributed by atoms with Crippen LogP contribution in [-0.2, 0) is 27.7 Å². The van der Waals surface area contributed by atoms with Crippen LogP contribution in [0.4, 0.5) is 0 Å². The zero-order chi connectivity index (χ0) is 38.8. The number of hydrogen-bond acceptors (Lipinski definition) is 0. The number of benzene rings is 3. The average molecular weight is 863 g/mol. The first kappa shape index (κ1) is 43.3. The van der Waals surface area contributed by atoms with Crippen molar-refractivity contribution in [2.24, 2.45) is 38.9 Å². The molecule has 0 heterocycles. The van der Waals surface area contributed by atoms with E-state index in [1.165, 1.54) is 28.7 Å². The van der Waals surface area contributed by atoms with Gasteiger partial charge < -0.3 is 24.8 Å². The van der Waals surface area contributed by atoms with Crippen LogP contribution in [0.15, 0.2) is 134 Å². The van der Waals surface area contributed by atoms with Crippen molar-refractivity contribution in [1.82, 2.24) is 0 Å². The van der Waals surface area contributed by atoms with Gasteiger partial charge in [0.1, 0.15) is 0 Å². The molecule has 0 radical (unpaired) electrons. The monoisotopic (exact) mass is 860 g/mol. The molecular formula is C53H64Cl2Zr. The van der Waals surface area contributed by atoms with Gasteiger partial charge in [-0.3, -0.25) is 0 Å². The fourth-order valence-electron chi connectivity index (χ4n) is 12.9. The minimum Gasteiger partial charge on any atom is -1.00 e. The first-order valence-corrected chi connectivity index (χ1v) is 24.5. The Morgan fingerprint density at radius 2 is 1.27 bits per heavy atom. The molecule has 0 N–H and O–H groups in total. The van der Waals surface area contributed by atoms with Crippen molar-refractivity contribution in [1.29, 1.82) is 0 Å². The number of rotatable bonds is 4. The van der Waals surface area contributed by atoms with Crippen molar-refractivity contribution in [2.45, 2.75) is 112 Å². The molecular weight excluding hydrogens is 799 g/mol. The van der Waals surface area contributed by atoms with Gasteiger partial charge in [-0.05, 0) is 0 Å². The Morgan fingerprint density at radius 1 is 0.714 bits per heavy atom. The van der Waals surface area contributed by atoms with Crippen LogP contribution >= 0.6 is 0 Å². The van der Waals surface area contributed by atoms with Gasteiger partial charge in [0.25, 0.3) is 0 Å². The summed E-state index contributed by atoms with van der Waals surface area (Å²) in [7, 11) is 0. The Kier molecular flexibility index (Phi) is 11.2. The largest absolute Gasteiger partial charge is 1.00 e. The predicted octanol–water partition coefficient (Wildman–Crippen LogP) is 8.34. The third-order valence-corrected chi connectivity index (χ3v) is 27.5. The summed E-state index contributed by atoms with van der Waals surface area (Å²) in [5.74, 6) is 0.888. The Balaban J connectivity index is 0.00000266. The minimum atomic E-state index is -3.22. The number of allylic oxidation sites excluding steroid dienone is 10. The number of hydrogen-bond donors (Lipinski definition) is 0. The number of halogens is 2. The predicted molar refractivity (Wildman–Crippen MR) is 229 cm³/mol. The van der Waals surface area contributed by atoms with Crippen molar-refractivity contribution >= 4 is 8.78 Å². The fraction of sp³-hybridized carbons (Fsp3) is 0.453. The van der Waals surface area contributed by atoms with Gasteiger partial charge in [-0.2, -0.15) is 0 Å². The van der Waals surface area contributed by atoms with Gasteiger partial charge in [-0.25, -0.2) is 0 Å². The van der Waals surface area contributed by atoms with Crippen LogP contribution in [-0.4, -0.2) is 3.21 Å². The third-order valence-electron chi connectivity index (χ3n) is 16.9. The van der Waals surface area contributed by atoms with Crippen molar-refractivity contribution in [3.05, 3.63) is 157 Å². The maximum atomic E-state index is 2.86. The minimum absolute atomic E-state index is 0. The molecule has 4 unspecified atom stereocenters. The van der Waals surface area contributed by atoms with Gasteiger partial charge in [0, 0.05) is 0 Å². The summed E-state index contributed by atoms with van der Waals surface area (Å²) in [4.78, 5) is 0. The van der Waals surface area contributed by atoms with Gasteiger partial charge in [0.05, 0.1) is 0 Å². The summed E-state index contributed by atoms with van der Waals surface area (Å²) in [5.41, 5.74) is 15.9. The second kappa shape index (κ2) is 14.5. The molecule has 5 aliphatic rings. The number of fused-ring (bicyclic) bond motifs is 6. The topological polar surface area (TPSA) is 0 Å². The summed E-state index contributed by atoms with van der Waals surface area (Å²) < 4.78 is 3.44. The molecule has 8 rings (SSSR count). The van der Waals surface area contributed by atoms with E-state index in [0.29, 0.717) is 11.8 Å². The molecule has 0 aliphatic heterocycles. The zero-order valence-corrected chi connectivity index (χ0v) is 40.3. The molecule has 56 heavy (non-hydrogen) atoms. The smallest absolute Gasteiger partial charge is 1.00 e. The maximum Gasteiger partial charge on any atom is -1.00 e. The second-order valence-electron chi connectivity index (χ2n) is 20.4. The molecule has 0 amide bonds. The first-order chi connectivity index (χ1) is 25.3. The summed E-state index contributed by atoms with van der Waals surface area (Å²) in [6.45, 7) is 34.2. The van der Waals surface area contributed by atoms with E-state index in [0.717, 1.165) is 12.8 Å². The van der Waals surface area contributed by atoms with Crippen LogP contribution in [0.2, 0.25) is 3.12 Å². The summed E-state index contributed by atoms with van der Waals surface area (Å²) in [5, 5.41) is 0. The van der Waals surface area contributed by atoms with E-state index in [4.69, 9.17) is 0 Å². The van der Waals surface area contributed by atoms with E-state index in [-0.39, 0.29) is 55.0 Å². The van der Waals surface area contributed by atoms with Gasteiger partial charge in [0.2, 0.25) is 0 Å². The van der Waals surface area contributed by atoms with Crippen molar-refractivity contribution in [2.75, 3.05) is 0 Å². The van der Waals surface area contributed by atoms with Crippen LogP contribution < -0.4 is 24.8 Å². The van der Waals surface area contributed by atoms with Crippen LogP contribution in [0.25, 0.3) is 5.57 Å². The van der Waals surface area contributed by atoms with E-state index < -0.39 is 21.3 Å². The molecule has 0 aromatic heterocycles. The molecule has 4 atom stereocenters. The Bertz CT molecular complexity index is 2210. The summed E-state index contributed by atoms with van der Waals surface area (Å²) in [6.07, 6.45) is 11.2. The van der Waals surface area contributed by atoms with Gasteiger partial charge in [-0.15, -0.1) is 0 Å². The van der Waals surface area contributed by atoms with Crippen LogP contribution in [0.5, 0.6) is 0 Å². The third kappa shape index (κ3) is 5.62. The van der Waals surface area contributed by atoms with Gasteiger partial charge in [-0.1, -0.05) is 0 Å². The average Bonchev–Trinajstić information content (AvgIpc) is 3.66. The molecule has 3 heteroatoms. The fourth-order valence-corrected chi connectivity index (χ4v) is 24.8. The van der Waals surface area contributed by atoms with Crippen molar-refractivity contribution < 1.29 is 46.1 Å². The Morgan fingerprint density at radius 3 is 1.82 bits per heavy atom. The zero-order valence-electron chi connectivity index (χ0n) is 36.3. The Hall–Kier alpha value is -2.31. The molecule has 3 aromatic rings. The molecule has 0 spiro atoms. The molecule has 0 bridgehead atoms. The first-order valence-electron chi connectivity index (χ1n) is 20.9. The maximum absolute atomic E-state index is 3.22. The summed E-state index contributed by atoms with van der Waals surface area (Å²) in [6, 6.07) is 32.8. The van der Waals surface area contributed by atoms with Crippen LogP contribution in [0.1, 0.15) is 125 Å². The van der Waals surface area contributed by atoms with E-state index in [9.17, 15) is 0 Å². The van der Waals surface area contributed by atoms with Gasteiger partial charge >= 0.3 is 338 Å². The Labute approximate surface area is 360 Å². The molecule has 294 valence electrons. The van der Waals surface area contributed by atoms with E-state index in [1.54, 1.807) is 31.1 Å². The van der Waals surface area contributed by atoms with Crippen molar-refractivity contribution in [3.63, 3.8) is 0 Å². The SMILES string of the molecule is CC1=[C]([Zr+2](=[C](c2ccccc2)c2ccccc2)[C]2(C)C3=C4Cc5ccccc5C4=C4C=CCCC4C3(C)C(C)(C)C(C)(C)C2(C)C)C(C)C=C1C(C)(C)C.[Cl-].[Cl-]. The van der Waals surface area contributed by atoms with E-state index in [2.05, 4.69) is 193 Å².